The van der Waals surface area contributed by atoms with Crippen LogP contribution in [0.25, 0.3) is 10.9 Å². The molecular formula is C12H16N4O. The van der Waals surface area contributed by atoms with Crippen LogP contribution in [0, 0.1) is 0 Å². The van der Waals surface area contributed by atoms with Gasteiger partial charge in [0.15, 0.2) is 0 Å². The van der Waals surface area contributed by atoms with Crippen LogP contribution in [0.1, 0.15) is 19.3 Å². The van der Waals surface area contributed by atoms with E-state index in [1.165, 1.54) is 0 Å². The maximum Gasteiger partial charge on any atom is 0.224 e. The number of unbranched alkanes of at least 4 members (excludes halogenated alkanes) is 1. The molecule has 1 aromatic heterocycles. The molecule has 0 spiro atoms. The molecule has 1 heterocycles. The zero-order chi connectivity index (χ0) is 12.1. The number of aromatic nitrogens is 2. The Balaban J connectivity index is 1.95. The third kappa shape index (κ3) is 3.04. The van der Waals surface area contributed by atoms with Gasteiger partial charge in [-0.25, -0.2) is 0 Å². The van der Waals surface area contributed by atoms with Gasteiger partial charge in [-0.3, -0.25) is 9.89 Å². The first-order valence-electron chi connectivity index (χ1n) is 5.72. The fraction of sp³-hybridized carbons (Fsp3) is 0.333. The maximum absolute atomic E-state index is 11.6. The third-order valence-electron chi connectivity index (χ3n) is 2.58. The number of amides is 1. The van der Waals surface area contributed by atoms with Crippen molar-refractivity contribution in [2.45, 2.75) is 19.3 Å². The van der Waals surface area contributed by atoms with Gasteiger partial charge in [-0.2, -0.15) is 5.10 Å². The van der Waals surface area contributed by atoms with Crippen molar-refractivity contribution < 1.29 is 4.79 Å². The van der Waals surface area contributed by atoms with E-state index >= 15 is 0 Å². The molecule has 2 rings (SSSR count). The summed E-state index contributed by atoms with van der Waals surface area (Å²) < 4.78 is 0. The Hall–Kier alpha value is -1.88. The van der Waals surface area contributed by atoms with Crippen LogP contribution < -0.4 is 11.1 Å². The Morgan fingerprint density at radius 1 is 1.41 bits per heavy atom. The van der Waals surface area contributed by atoms with Crippen molar-refractivity contribution in [3.63, 3.8) is 0 Å². The first-order valence-corrected chi connectivity index (χ1v) is 5.72. The van der Waals surface area contributed by atoms with E-state index < -0.39 is 0 Å². The highest BCUT2D eigenvalue weighted by Gasteiger charge is 2.03. The standard InChI is InChI=1S/C12H16N4O/c13-6-2-1-3-12(17)15-10-5-4-9-8-14-16-11(9)7-10/h4-5,7-8H,1-3,6,13H2,(H,14,16)(H,15,17). The van der Waals surface area contributed by atoms with Crippen LogP contribution in [0.3, 0.4) is 0 Å². The summed E-state index contributed by atoms with van der Waals surface area (Å²) in [4.78, 5) is 11.6. The lowest BCUT2D eigenvalue weighted by Gasteiger charge is -2.04. The Kier molecular flexibility index (Phi) is 3.72. The number of hydrogen-bond donors (Lipinski definition) is 3. The average molecular weight is 232 g/mol. The smallest absolute Gasteiger partial charge is 0.224 e. The first kappa shape index (κ1) is 11.6. The highest BCUT2D eigenvalue weighted by Crippen LogP contribution is 2.16. The lowest BCUT2D eigenvalue weighted by Crippen LogP contribution is -2.11. The van der Waals surface area contributed by atoms with Crippen LogP contribution in [0.4, 0.5) is 5.69 Å². The number of fused-ring (bicyclic) bond motifs is 1. The number of hydrogen-bond acceptors (Lipinski definition) is 3. The van der Waals surface area contributed by atoms with Gasteiger partial charge in [0.05, 0.1) is 11.7 Å². The fourth-order valence-corrected chi connectivity index (χ4v) is 1.67. The van der Waals surface area contributed by atoms with E-state index in [4.69, 9.17) is 5.73 Å². The van der Waals surface area contributed by atoms with Crippen LogP contribution in [-0.4, -0.2) is 22.6 Å². The van der Waals surface area contributed by atoms with Crippen molar-refractivity contribution in [2.24, 2.45) is 5.73 Å². The van der Waals surface area contributed by atoms with Crippen molar-refractivity contribution in [1.29, 1.82) is 0 Å². The number of benzene rings is 1. The zero-order valence-corrected chi connectivity index (χ0v) is 9.57. The van der Waals surface area contributed by atoms with Gasteiger partial charge >= 0.3 is 0 Å². The summed E-state index contributed by atoms with van der Waals surface area (Å²) in [6.45, 7) is 0.632. The number of carbonyl (C=O) groups is 1. The van der Waals surface area contributed by atoms with Crippen LogP contribution in [0.15, 0.2) is 24.4 Å². The number of H-pyrrole nitrogens is 1. The lowest BCUT2D eigenvalue weighted by molar-refractivity contribution is -0.116. The quantitative estimate of drug-likeness (QED) is 0.685. The summed E-state index contributed by atoms with van der Waals surface area (Å²) in [7, 11) is 0. The van der Waals surface area contributed by atoms with Gasteiger partial charge in [0.2, 0.25) is 5.91 Å². The molecule has 1 amide bonds. The van der Waals surface area contributed by atoms with E-state index in [9.17, 15) is 4.79 Å². The van der Waals surface area contributed by atoms with Gasteiger partial charge < -0.3 is 11.1 Å². The summed E-state index contributed by atoms with van der Waals surface area (Å²) in [5.41, 5.74) is 7.09. The van der Waals surface area contributed by atoms with Crippen molar-refractivity contribution in [1.82, 2.24) is 10.2 Å². The minimum Gasteiger partial charge on any atom is -0.330 e. The Morgan fingerprint density at radius 3 is 3.12 bits per heavy atom. The topological polar surface area (TPSA) is 83.8 Å². The van der Waals surface area contributed by atoms with Crippen molar-refractivity contribution in [3.05, 3.63) is 24.4 Å². The molecule has 0 radical (unpaired) electrons. The van der Waals surface area contributed by atoms with E-state index in [2.05, 4.69) is 15.5 Å². The number of anilines is 1. The minimum atomic E-state index is 0.0253. The van der Waals surface area contributed by atoms with Crippen molar-refractivity contribution in [2.75, 3.05) is 11.9 Å². The summed E-state index contributed by atoms with van der Waals surface area (Å²) in [6.07, 6.45) is 3.97. The second kappa shape index (κ2) is 5.45. The highest BCUT2D eigenvalue weighted by molar-refractivity contribution is 5.93. The zero-order valence-electron chi connectivity index (χ0n) is 9.57. The van der Waals surface area contributed by atoms with Gasteiger partial charge in [0, 0.05) is 17.5 Å². The van der Waals surface area contributed by atoms with E-state index in [1.807, 2.05) is 18.2 Å². The number of nitrogens with two attached hydrogens (primary N) is 1. The molecule has 17 heavy (non-hydrogen) atoms. The molecule has 1 aromatic carbocycles. The molecular weight excluding hydrogens is 216 g/mol. The Morgan fingerprint density at radius 2 is 2.29 bits per heavy atom. The van der Waals surface area contributed by atoms with Crippen LogP contribution in [0.2, 0.25) is 0 Å². The Labute approximate surface area is 99.4 Å². The van der Waals surface area contributed by atoms with Crippen LogP contribution >= 0.6 is 0 Å². The molecule has 5 heteroatoms. The summed E-state index contributed by atoms with van der Waals surface area (Å²) in [5, 5.41) is 10.7. The van der Waals surface area contributed by atoms with Crippen molar-refractivity contribution in [3.8, 4) is 0 Å². The van der Waals surface area contributed by atoms with Crippen LogP contribution in [-0.2, 0) is 4.79 Å². The molecule has 0 saturated carbocycles. The minimum absolute atomic E-state index is 0.0253. The third-order valence-corrected chi connectivity index (χ3v) is 2.58. The molecule has 0 unspecified atom stereocenters. The summed E-state index contributed by atoms with van der Waals surface area (Å²) >= 11 is 0. The van der Waals surface area contributed by atoms with Crippen molar-refractivity contribution >= 4 is 22.5 Å². The predicted octanol–water partition coefficient (Wildman–Crippen LogP) is 1.63. The summed E-state index contributed by atoms with van der Waals surface area (Å²) in [5.74, 6) is 0.0253. The van der Waals surface area contributed by atoms with Gasteiger partial charge in [-0.1, -0.05) is 0 Å². The molecule has 0 atom stereocenters. The van der Waals surface area contributed by atoms with Crippen LogP contribution in [0.5, 0.6) is 0 Å². The van der Waals surface area contributed by atoms with Gasteiger partial charge in [0.1, 0.15) is 0 Å². The normalized spacial score (nSPS) is 10.6. The first-order chi connectivity index (χ1) is 8.29. The van der Waals surface area contributed by atoms with Gasteiger partial charge in [-0.05, 0) is 37.6 Å². The SMILES string of the molecule is NCCCCC(=O)Nc1ccc2cn[nH]c2c1. The second-order valence-electron chi connectivity index (χ2n) is 3.97. The predicted molar refractivity (Wildman–Crippen MR) is 67.6 cm³/mol. The average Bonchev–Trinajstić information content (AvgIpc) is 2.76. The molecule has 0 aliphatic carbocycles. The molecule has 0 aliphatic heterocycles. The molecule has 4 N–H and O–H groups in total. The molecule has 0 aliphatic rings. The molecule has 90 valence electrons. The second-order valence-corrected chi connectivity index (χ2v) is 3.97. The maximum atomic E-state index is 11.6. The van der Waals surface area contributed by atoms with E-state index in [1.54, 1.807) is 6.20 Å². The number of aromatic amines is 1. The highest BCUT2D eigenvalue weighted by atomic mass is 16.1. The molecule has 0 fully saturated rings. The number of nitrogens with one attached hydrogen (secondary N) is 2. The molecule has 0 saturated heterocycles. The largest absolute Gasteiger partial charge is 0.330 e. The molecule has 5 nitrogen and oxygen atoms in total. The van der Waals surface area contributed by atoms with E-state index in [0.29, 0.717) is 13.0 Å². The monoisotopic (exact) mass is 232 g/mol. The fourth-order valence-electron chi connectivity index (χ4n) is 1.67. The number of carbonyl (C=O) groups excluding carboxylic acids is 1. The lowest BCUT2D eigenvalue weighted by atomic mass is 10.2. The Bertz CT molecular complexity index is 506. The molecule has 2 aromatic rings. The molecule has 0 bridgehead atoms. The van der Waals surface area contributed by atoms with Gasteiger partial charge in [0.25, 0.3) is 0 Å². The summed E-state index contributed by atoms with van der Waals surface area (Å²) in [6, 6.07) is 5.68. The van der Waals surface area contributed by atoms with Gasteiger partial charge in [-0.15, -0.1) is 0 Å². The van der Waals surface area contributed by atoms with E-state index in [0.717, 1.165) is 29.4 Å². The number of rotatable bonds is 5. The number of nitrogens with zero attached hydrogens (tertiary/aromatic N) is 1. The van der Waals surface area contributed by atoms with E-state index in [-0.39, 0.29) is 5.91 Å².